The third-order valence-corrected chi connectivity index (χ3v) is 5.82. The summed E-state index contributed by atoms with van der Waals surface area (Å²) in [5, 5.41) is 0. The molecule has 2 saturated heterocycles. The van der Waals surface area contributed by atoms with E-state index in [0.717, 1.165) is 12.4 Å². The van der Waals surface area contributed by atoms with Crippen molar-refractivity contribution in [1.29, 1.82) is 0 Å². The van der Waals surface area contributed by atoms with Crippen LogP contribution in [0.15, 0.2) is 0 Å². The van der Waals surface area contributed by atoms with Crippen molar-refractivity contribution in [2.75, 3.05) is 19.0 Å². The lowest BCUT2D eigenvalue weighted by atomic mass is 9.98. The fraction of sp³-hybridized carbons (Fsp3) is 1.00. The average Bonchev–Trinajstić information content (AvgIpc) is 2.97. The van der Waals surface area contributed by atoms with Crippen molar-refractivity contribution in [3.05, 3.63) is 0 Å². The molecule has 0 radical (unpaired) electrons. The Bertz CT molecular complexity index is 290. The van der Waals surface area contributed by atoms with Crippen molar-refractivity contribution in [3.63, 3.8) is 0 Å². The summed E-state index contributed by atoms with van der Waals surface area (Å²) in [7, 11) is 0. The van der Waals surface area contributed by atoms with Crippen LogP contribution in [0, 0.1) is 0 Å². The Morgan fingerprint density at radius 2 is 1.84 bits per heavy atom. The molecular weight excluding hydrogens is 258 g/mol. The van der Waals surface area contributed by atoms with Gasteiger partial charge in [-0.1, -0.05) is 25.7 Å². The zero-order chi connectivity index (χ0) is 13.1. The quantitative estimate of drug-likeness (QED) is 0.728. The molecule has 1 saturated carbocycles. The molecule has 2 nitrogen and oxygen atoms in total. The molecule has 0 aromatic rings. The van der Waals surface area contributed by atoms with Crippen LogP contribution in [0.1, 0.15) is 64.2 Å². The van der Waals surface area contributed by atoms with Gasteiger partial charge in [-0.2, -0.15) is 0 Å². The van der Waals surface area contributed by atoms with Crippen LogP contribution >= 0.6 is 11.6 Å². The van der Waals surface area contributed by atoms with Gasteiger partial charge in [0, 0.05) is 18.5 Å². The molecule has 2 atom stereocenters. The van der Waals surface area contributed by atoms with Crippen molar-refractivity contribution in [2.45, 2.75) is 82.0 Å². The average molecular weight is 286 g/mol. The molecule has 3 heteroatoms. The maximum absolute atomic E-state index is 6.46. The Balaban J connectivity index is 1.55. The van der Waals surface area contributed by atoms with Gasteiger partial charge in [-0.05, 0) is 45.1 Å². The van der Waals surface area contributed by atoms with Crippen LogP contribution < -0.4 is 0 Å². The first-order chi connectivity index (χ1) is 9.31. The summed E-state index contributed by atoms with van der Waals surface area (Å²) >= 11 is 6.17. The SMILES string of the molecule is ClCC1CCCCCN1CC1CCC2(CCCC2)O1. The van der Waals surface area contributed by atoms with E-state index in [9.17, 15) is 0 Å². The van der Waals surface area contributed by atoms with Crippen molar-refractivity contribution in [2.24, 2.45) is 0 Å². The summed E-state index contributed by atoms with van der Waals surface area (Å²) in [6, 6.07) is 0.591. The Hall–Kier alpha value is 0.210. The molecule has 2 unspecified atom stereocenters. The monoisotopic (exact) mass is 285 g/mol. The molecule has 0 aromatic carbocycles. The number of rotatable bonds is 3. The van der Waals surface area contributed by atoms with Gasteiger partial charge in [0.2, 0.25) is 0 Å². The lowest BCUT2D eigenvalue weighted by Crippen LogP contribution is -2.42. The highest BCUT2D eigenvalue weighted by Crippen LogP contribution is 2.43. The minimum atomic E-state index is 0.285. The van der Waals surface area contributed by atoms with Gasteiger partial charge in [0.15, 0.2) is 0 Å². The van der Waals surface area contributed by atoms with Gasteiger partial charge in [-0.15, -0.1) is 11.6 Å². The van der Waals surface area contributed by atoms with Crippen molar-refractivity contribution >= 4 is 11.6 Å². The Morgan fingerprint density at radius 1 is 1.00 bits per heavy atom. The summed E-state index contributed by atoms with van der Waals surface area (Å²) in [5.41, 5.74) is 0.285. The second-order valence-electron chi connectivity index (χ2n) is 6.82. The van der Waals surface area contributed by atoms with Gasteiger partial charge in [-0.25, -0.2) is 0 Å². The van der Waals surface area contributed by atoms with Crippen LogP contribution in [0.4, 0.5) is 0 Å². The predicted molar refractivity (Wildman–Crippen MR) is 79.9 cm³/mol. The fourth-order valence-electron chi connectivity index (χ4n) is 4.32. The first-order valence-corrected chi connectivity index (χ1v) is 8.83. The number of alkyl halides is 1. The Kier molecular flexibility index (Phi) is 4.71. The summed E-state index contributed by atoms with van der Waals surface area (Å²) in [6.07, 6.45) is 13.8. The van der Waals surface area contributed by atoms with Gasteiger partial charge >= 0.3 is 0 Å². The molecular formula is C16H28ClNO. The van der Waals surface area contributed by atoms with Crippen molar-refractivity contribution in [3.8, 4) is 0 Å². The zero-order valence-electron chi connectivity index (χ0n) is 12.1. The summed E-state index contributed by atoms with van der Waals surface area (Å²) < 4.78 is 6.46. The molecule has 0 bridgehead atoms. The van der Waals surface area contributed by atoms with Gasteiger partial charge in [-0.3, -0.25) is 4.90 Å². The van der Waals surface area contributed by atoms with E-state index in [1.54, 1.807) is 0 Å². The number of ether oxygens (including phenoxy) is 1. The molecule has 110 valence electrons. The minimum Gasteiger partial charge on any atom is -0.370 e. The molecule has 3 aliphatic rings. The smallest absolute Gasteiger partial charge is 0.0710 e. The summed E-state index contributed by atoms with van der Waals surface area (Å²) in [6.45, 7) is 2.35. The van der Waals surface area contributed by atoms with Crippen LogP contribution in [-0.4, -0.2) is 41.6 Å². The molecule has 0 aromatic heterocycles. The fourth-order valence-corrected chi connectivity index (χ4v) is 4.67. The standard InChI is InChI=1S/C16H28ClNO/c17-12-14-6-2-1-5-11-18(14)13-15-7-10-16(19-15)8-3-4-9-16/h14-15H,1-13H2. The Labute approximate surface area is 122 Å². The zero-order valence-corrected chi connectivity index (χ0v) is 12.8. The van der Waals surface area contributed by atoms with Crippen LogP contribution in [0.5, 0.6) is 0 Å². The highest BCUT2D eigenvalue weighted by atomic mass is 35.5. The minimum absolute atomic E-state index is 0.285. The summed E-state index contributed by atoms with van der Waals surface area (Å²) in [5.74, 6) is 0.790. The molecule has 3 rings (SSSR count). The van der Waals surface area contributed by atoms with Gasteiger partial charge < -0.3 is 4.74 Å². The number of halogens is 1. The predicted octanol–water partition coefficient (Wildman–Crippen LogP) is 3.96. The van der Waals surface area contributed by atoms with Crippen molar-refractivity contribution < 1.29 is 4.74 Å². The highest BCUT2D eigenvalue weighted by Gasteiger charge is 2.42. The molecule has 0 amide bonds. The topological polar surface area (TPSA) is 12.5 Å². The van der Waals surface area contributed by atoms with E-state index in [-0.39, 0.29) is 5.60 Å². The van der Waals surface area contributed by atoms with E-state index in [1.807, 2.05) is 0 Å². The maximum Gasteiger partial charge on any atom is 0.0710 e. The normalized spacial score (nSPS) is 35.8. The number of hydrogen-bond acceptors (Lipinski definition) is 2. The first-order valence-electron chi connectivity index (χ1n) is 8.29. The highest BCUT2D eigenvalue weighted by molar-refractivity contribution is 6.18. The van der Waals surface area contributed by atoms with E-state index >= 15 is 0 Å². The van der Waals surface area contributed by atoms with Crippen LogP contribution in [0.25, 0.3) is 0 Å². The van der Waals surface area contributed by atoms with Gasteiger partial charge in [0.1, 0.15) is 0 Å². The third-order valence-electron chi connectivity index (χ3n) is 5.47. The lowest BCUT2D eigenvalue weighted by Gasteiger charge is -2.32. The molecule has 2 aliphatic heterocycles. The van der Waals surface area contributed by atoms with E-state index in [4.69, 9.17) is 16.3 Å². The molecule has 0 N–H and O–H groups in total. The largest absolute Gasteiger partial charge is 0.370 e. The molecule has 2 heterocycles. The molecule has 19 heavy (non-hydrogen) atoms. The molecule has 1 spiro atoms. The number of hydrogen-bond donors (Lipinski definition) is 0. The van der Waals surface area contributed by atoms with Crippen LogP contribution in [0.2, 0.25) is 0 Å². The van der Waals surface area contributed by atoms with Gasteiger partial charge in [0.05, 0.1) is 11.7 Å². The van der Waals surface area contributed by atoms with Gasteiger partial charge in [0.25, 0.3) is 0 Å². The van der Waals surface area contributed by atoms with Crippen LogP contribution in [0.3, 0.4) is 0 Å². The van der Waals surface area contributed by atoms with Crippen molar-refractivity contribution in [1.82, 2.24) is 4.90 Å². The molecule has 3 fully saturated rings. The number of nitrogens with zero attached hydrogens (tertiary/aromatic N) is 1. The molecule has 1 aliphatic carbocycles. The van der Waals surface area contributed by atoms with E-state index < -0.39 is 0 Å². The van der Waals surface area contributed by atoms with E-state index in [0.29, 0.717) is 12.1 Å². The Morgan fingerprint density at radius 3 is 2.63 bits per heavy atom. The number of likely N-dealkylation sites (tertiary alicyclic amines) is 1. The third kappa shape index (κ3) is 3.28. The lowest BCUT2D eigenvalue weighted by molar-refractivity contribution is -0.0502. The van der Waals surface area contributed by atoms with E-state index in [1.165, 1.54) is 70.8 Å². The second kappa shape index (κ2) is 6.32. The second-order valence-corrected chi connectivity index (χ2v) is 7.13. The van der Waals surface area contributed by atoms with Crippen LogP contribution in [-0.2, 0) is 4.74 Å². The first kappa shape index (κ1) is 14.2. The maximum atomic E-state index is 6.46. The van der Waals surface area contributed by atoms with E-state index in [2.05, 4.69) is 4.90 Å². The summed E-state index contributed by atoms with van der Waals surface area (Å²) in [4.78, 5) is 2.62.